The van der Waals surface area contributed by atoms with Gasteiger partial charge in [-0.05, 0) is 90.1 Å². The number of phosphoric ester groups is 1. The van der Waals surface area contributed by atoms with E-state index in [4.69, 9.17) is 13.8 Å². The maximum absolute atomic E-state index is 13.4. The van der Waals surface area contributed by atoms with Crippen molar-refractivity contribution in [1.82, 2.24) is 4.90 Å². The number of ether oxygens (including phenoxy) is 1. The van der Waals surface area contributed by atoms with Crippen molar-refractivity contribution < 1.29 is 33.1 Å². The van der Waals surface area contributed by atoms with E-state index in [0.29, 0.717) is 12.1 Å². The average Bonchev–Trinajstić information content (AvgIpc) is 3.58. The molecule has 1 unspecified atom stereocenters. The van der Waals surface area contributed by atoms with E-state index in [2.05, 4.69) is 26.5 Å². The van der Waals surface area contributed by atoms with Crippen molar-refractivity contribution in [2.24, 2.45) is 5.92 Å². The van der Waals surface area contributed by atoms with E-state index in [1.807, 2.05) is 6.92 Å². The van der Waals surface area contributed by atoms with Crippen molar-refractivity contribution in [1.29, 1.82) is 0 Å². The molecule has 0 saturated heterocycles. The van der Waals surface area contributed by atoms with Gasteiger partial charge < -0.3 is 24.2 Å². The number of nitrogens with zero attached hydrogens (tertiary/aromatic N) is 1. The third-order valence-electron chi connectivity index (χ3n) is 7.32. The third-order valence-corrected chi connectivity index (χ3v) is 8.39. The number of phosphoric acid groups is 1. The molecule has 0 aromatic heterocycles. The number of aromatic hydroxyl groups is 1. The Bertz CT molecular complexity index is 1090. The molecule has 2 aliphatic carbocycles. The Labute approximate surface area is 227 Å². The number of unbranched alkanes of at least 4 members (excludes halogenated alkanes) is 2. The van der Waals surface area contributed by atoms with Gasteiger partial charge in [0.15, 0.2) is 5.60 Å². The molecule has 8 nitrogen and oxygen atoms in total. The van der Waals surface area contributed by atoms with Gasteiger partial charge in [0.05, 0.1) is 6.61 Å². The van der Waals surface area contributed by atoms with Gasteiger partial charge in [-0.15, -0.1) is 0 Å². The van der Waals surface area contributed by atoms with Crippen molar-refractivity contribution in [3.63, 3.8) is 0 Å². The minimum absolute atomic E-state index is 0.0660. The Morgan fingerprint density at radius 1 is 1.29 bits per heavy atom. The highest BCUT2D eigenvalue weighted by atomic mass is 31.2. The summed E-state index contributed by atoms with van der Waals surface area (Å²) in [4.78, 5) is 27.6. The van der Waals surface area contributed by atoms with Gasteiger partial charge in [-0.1, -0.05) is 43.6 Å². The van der Waals surface area contributed by atoms with Gasteiger partial charge in [-0.2, -0.15) is 0 Å². The number of benzene rings is 1. The molecular weight excluding hydrogens is 505 g/mol. The molecule has 1 aromatic rings. The summed E-state index contributed by atoms with van der Waals surface area (Å²) >= 11 is 0. The molecule has 0 radical (unpaired) electrons. The zero-order valence-electron chi connectivity index (χ0n) is 23.5. The lowest BCUT2D eigenvalue weighted by Crippen LogP contribution is -2.33. The number of phenols is 1. The Morgan fingerprint density at radius 2 is 2.00 bits per heavy atom. The summed E-state index contributed by atoms with van der Waals surface area (Å²) in [7, 11) is -1.13. The number of likely N-dealkylation sites (N-methyl/N-ethyl adjacent to an activating group) is 1. The largest absolute Gasteiger partial charge is 0.756 e. The zero-order valence-corrected chi connectivity index (χ0v) is 24.4. The highest BCUT2D eigenvalue weighted by Crippen LogP contribution is 2.54. The van der Waals surface area contributed by atoms with Gasteiger partial charge in [0, 0.05) is 18.0 Å². The van der Waals surface area contributed by atoms with Crippen LogP contribution in [0.4, 0.5) is 0 Å². The highest BCUT2D eigenvalue weighted by Gasteiger charge is 2.56. The smallest absolute Gasteiger partial charge is 0.344 e. The van der Waals surface area contributed by atoms with Crippen LogP contribution >= 0.6 is 7.82 Å². The minimum Gasteiger partial charge on any atom is -0.756 e. The van der Waals surface area contributed by atoms with Crippen LogP contribution in [0.5, 0.6) is 11.5 Å². The predicted octanol–water partition coefficient (Wildman–Crippen LogP) is 5.64. The van der Waals surface area contributed by atoms with Gasteiger partial charge >= 0.3 is 5.97 Å². The van der Waals surface area contributed by atoms with Crippen LogP contribution in [0.2, 0.25) is 0 Å². The van der Waals surface area contributed by atoms with Crippen LogP contribution in [0.3, 0.4) is 0 Å². The molecule has 38 heavy (non-hydrogen) atoms. The fraction of sp³-hybridized carbons (Fsp3) is 0.621. The first-order chi connectivity index (χ1) is 17.9. The van der Waals surface area contributed by atoms with Crippen molar-refractivity contribution in [2.75, 3.05) is 27.2 Å². The molecular formula is C29H43NO7P-. The number of esters is 1. The fourth-order valence-corrected chi connectivity index (χ4v) is 5.97. The minimum atomic E-state index is -4.72. The summed E-state index contributed by atoms with van der Waals surface area (Å²) in [5.74, 6) is -0.625. The second-order valence-corrected chi connectivity index (χ2v) is 12.4. The van der Waals surface area contributed by atoms with Gasteiger partial charge in [-0.3, -0.25) is 9.09 Å². The molecule has 3 rings (SSSR count). The Balaban J connectivity index is 1.91. The van der Waals surface area contributed by atoms with Crippen LogP contribution in [-0.2, 0) is 24.8 Å². The molecule has 2 aliphatic rings. The standard InChI is InChI=1S/C29H44NO7P/c1-7-8-9-10-22-18-25(31)27(24-17-21(4)11-12-23(24)20(2)3)26(19-22)36-28(32)29(13-14-29)37-38(33,34)35-16-15-30(5)6/h17-19,23-24,31H,2,7-16H2,1,3-6H3,(H,33,34)/p-1/t23-,24+/m0/s1. The van der Waals surface area contributed by atoms with E-state index in [1.54, 1.807) is 31.1 Å². The number of aryl methyl sites for hydroxylation is 1. The summed E-state index contributed by atoms with van der Waals surface area (Å²) in [6.45, 7) is 10.6. The van der Waals surface area contributed by atoms with Crippen molar-refractivity contribution >= 4 is 13.8 Å². The van der Waals surface area contributed by atoms with Crippen molar-refractivity contribution in [3.8, 4) is 11.5 Å². The first-order valence-electron chi connectivity index (χ1n) is 13.6. The van der Waals surface area contributed by atoms with E-state index in [9.17, 15) is 19.4 Å². The molecule has 3 atom stereocenters. The second kappa shape index (κ2) is 12.9. The van der Waals surface area contributed by atoms with E-state index in [1.165, 1.54) is 5.57 Å². The van der Waals surface area contributed by atoms with Crippen LogP contribution in [-0.4, -0.2) is 48.8 Å². The summed E-state index contributed by atoms with van der Waals surface area (Å²) in [6.07, 6.45) is 8.12. The molecule has 1 aromatic carbocycles. The van der Waals surface area contributed by atoms with Crippen LogP contribution < -0.4 is 9.63 Å². The SMILES string of the molecule is C=C(C)[C@@H]1CCC(C)=C[C@H]1c1c(O)cc(CCCCC)cc1OC(=O)C1(OP(=O)([O-])OCCN(C)C)CC1. The molecule has 9 heteroatoms. The average molecular weight is 549 g/mol. The summed E-state index contributed by atoms with van der Waals surface area (Å²) < 4.78 is 28.5. The summed E-state index contributed by atoms with van der Waals surface area (Å²) in [5.41, 5.74) is 1.96. The molecule has 0 heterocycles. The molecule has 212 valence electrons. The van der Waals surface area contributed by atoms with Crippen molar-refractivity contribution in [2.45, 2.75) is 83.7 Å². The molecule has 0 amide bonds. The van der Waals surface area contributed by atoms with Gasteiger partial charge in [0.2, 0.25) is 0 Å². The van der Waals surface area contributed by atoms with Crippen LogP contribution in [0.15, 0.2) is 35.9 Å². The zero-order chi connectivity index (χ0) is 28.1. The first kappa shape index (κ1) is 30.6. The van der Waals surface area contributed by atoms with Crippen LogP contribution in [0, 0.1) is 5.92 Å². The molecule has 1 saturated carbocycles. The van der Waals surface area contributed by atoms with E-state index < -0.39 is 19.4 Å². The van der Waals surface area contributed by atoms with E-state index >= 15 is 0 Å². The Kier molecular flexibility index (Phi) is 10.4. The third kappa shape index (κ3) is 8.03. The van der Waals surface area contributed by atoms with Crippen LogP contribution in [0.1, 0.15) is 82.8 Å². The Morgan fingerprint density at radius 3 is 2.61 bits per heavy atom. The number of phenolic OH excluding ortho intramolecular Hbond substituents is 1. The summed E-state index contributed by atoms with van der Waals surface area (Å²) in [5, 5.41) is 11.2. The normalized spacial score (nSPS) is 22.0. The maximum atomic E-state index is 13.4. The molecule has 1 fully saturated rings. The molecule has 0 spiro atoms. The number of carbonyl (C=O) groups is 1. The predicted molar refractivity (Wildman–Crippen MR) is 146 cm³/mol. The monoisotopic (exact) mass is 548 g/mol. The van der Waals surface area contributed by atoms with Gasteiger partial charge in [0.1, 0.15) is 11.5 Å². The molecule has 0 bridgehead atoms. The molecule has 0 aliphatic heterocycles. The summed E-state index contributed by atoms with van der Waals surface area (Å²) in [6, 6.07) is 3.56. The number of hydrogen-bond donors (Lipinski definition) is 1. The lowest BCUT2D eigenvalue weighted by molar-refractivity contribution is -0.232. The van der Waals surface area contributed by atoms with Crippen molar-refractivity contribution in [3.05, 3.63) is 47.1 Å². The number of hydrogen-bond acceptors (Lipinski definition) is 8. The number of rotatable bonds is 14. The lowest BCUT2D eigenvalue weighted by atomic mass is 9.73. The first-order valence-corrected chi connectivity index (χ1v) is 15.1. The lowest BCUT2D eigenvalue weighted by Gasteiger charge is -2.32. The second-order valence-electron chi connectivity index (χ2n) is 11.1. The number of allylic oxidation sites excluding steroid dienone is 3. The maximum Gasteiger partial charge on any atom is 0.344 e. The topological polar surface area (TPSA) is 108 Å². The van der Waals surface area contributed by atoms with Crippen LogP contribution in [0.25, 0.3) is 0 Å². The van der Waals surface area contributed by atoms with E-state index in [0.717, 1.165) is 49.7 Å². The Hall–Kier alpha value is -1.96. The van der Waals surface area contributed by atoms with Gasteiger partial charge in [-0.25, -0.2) is 4.79 Å². The van der Waals surface area contributed by atoms with E-state index in [-0.39, 0.29) is 42.8 Å². The van der Waals surface area contributed by atoms with Gasteiger partial charge in [0.25, 0.3) is 7.82 Å². The number of carbonyl (C=O) groups excluding carboxylic acids is 1. The highest BCUT2D eigenvalue weighted by molar-refractivity contribution is 7.46. The fourth-order valence-electron chi connectivity index (χ4n) is 4.93. The molecule has 1 N–H and O–H groups in total. The quantitative estimate of drug-likeness (QED) is 0.105.